The second-order valence-corrected chi connectivity index (χ2v) is 8.35. The zero-order valence-corrected chi connectivity index (χ0v) is 18.4. The molecule has 0 atom stereocenters. The fraction of sp³-hybridized carbons (Fsp3) is 0.185. The van der Waals surface area contributed by atoms with E-state index in [-0.39, 0.29) is 35.7 Å². The number of carbonyl (C=O) groups is 4. The zero-order valence-electron chi connectivity index (χ0n) is 18.4. The van der Waals surface area contributed by atoms with Gasteiger partial charge in [-0.25, -0.2) is 4.79 Å². The second-order valence-electron chi connectivity index (χ2n) is 8.35. The molecule has 5 rings (SSSR count). The minimum atomic E-state index is -0.713. The largest absolute Gasteiger partial charge is 0.452 e. The lowest BCUT2D eigenvalue weighted by atomic mass is 10.00. The van der Waals surface area contributed by atoms with E-state index in [4.69, 9.17) is 4.74 Å². The molecule has 3 aromatic rings. The van der Waals surface area contributed by atoms with Crippen molar-refractivity contribution in [2.24, 2.45) is 0 Å². The van der Waals surface area contributed by atoms with E-state index in [9.17, 15) is 19.2 Å². The third-order valence-electron chi connectivity index (χ3n) is 6.20. The molecule has 0 bridgehead atoms. The van der Waals surface area contributed by atoms with Crippen LogP contribution in [0.25, 0.3) is 0 Å². The normalized spacial score (nSPS) is 14.6. The molecular formula is C27H22N2O5. The van der Waals surface area contributed by atoms with Gasteiger partial charge in [0.15, 0.2) is 6.61 Å². The number of imide groups is 1. The number of rotatable bonds is 5. The summed E-state index contributed by atoms with van der Waals surface area (Å²) in [6.45, 7) is 0.824. The van der Waals surface area contributed by atoms with Crippen LogP contribution in [-0.2, 0) is 29.0 Å². The van der Waals surface area contributed by atoms with Gasteiger partial charge in [-0.05, 0) is 41.3 Å². The van der Waals surface area contributed by atoms with E-state index < -0.39 is 17.8 Å². The van der Waals surface area contributed by atoms with Crippen molar-refractivity contribution in [3.8, 4) is 0 Å². The summed E-state index contributed by atoms with van der Waals surface area (Å²) in [4.78, 5) is 53.6. The second kappa shape index (κ2) is 8.94. The molecule has 0 saturated carbocycles. The van der Waals surface area contributed by atoms with Crippen LogP contribution in [0.3, 0.4) is 0 Å². The van der Waals surface area contributed by atoms with Crippen LogP contribution in [0.4, 0.5) is 0 Å². The Labute approximate surface area is 196 Å². The Morgan fingerprint density at radius 2 is 1.53 bits per heavy atom. The topological polar surface area (TPSA) is 84.0 Å². The standard InChI is InChI=1S/C27H22N2O5/c30-24(28-13-12-19-8-4-5-9-21(19)16-28)17-34-27(33)20-10-11-22-23(14-20)26(32)29(25(22)31)15-18-6-2-1-3-7-18/h1-11,14H,12-13,15-17H2. The Balaban J connectivity index is 1.23. The fourth-order valence-electron chi connectivity index (χ4n) is 4.34. The number of nitrogens with zero attached hydrogens (tertiary/aromatic N) is 2. The van der Waals surface area contributed by atoms with Gasteiger partial charge in [0.25, 0.3) is 17.7 Å². The van der Waals surface area contributed by atoms with Gasteiger partial charge in [0.05, 0.1) is 23.2 Å². The van der Waals surface area contributed by atoms with E-state index in [0.717, 1.165) is 22.4 Å². The Kier molecular flexibility index (Phi) is 5.67. The third-order valence-corrected chi connectivity index (χ3v) is 6.20. The predicted molar refractivity (Wildman–Crippen MR) is 123 cm³/mol. The highest BCUT2D eigenvalue weighted by molar-refractivity contribution is 6.21. The van der Waals surface area contributed by atoms with Crippen LogP contribution in [0, 0.1) is 0 Å². The molecule has 7 nitrogen and oxygen atoms in total. The van der Waals surface area contributed by atoms with Gasteiger partial charge in [-0.15, -0.1) is 0 Å². The molecule has 0 N–H and O–H groups in total. The van der Waals surface area contributed by atoms with Crippen molar-refractivity contribution in [1.29, 1.82) is 0 Å². The highest BCUT2D eigenvalue weighted by Crippen LogP contribution is 2.26. The maximum atomic E-state index is 12.9. The van der Waals surface area contributed by atoms with Gasteiger partial charge in [0.2, 0.25) is 0 Å². The van der Waals surface area contributed by atoms with Gasteiger partial charge >= 0.3 is 5.97 Å². The van der Waals surface area contributed by atoms with E-state index in [1.165, 1.54) is 23.8 Å². The Morgan fingerprint density at radius 1 is 0.824 bits per heavy atom. The van der Waals surface area contributed by atoms with Crippen molar-refractivity contribution < 1.29 is 23.9 Å². The molecule has 2 aliphatic rings. The summed E-state index contributed by atoms with van der Waals surface area (Å²) in [6, 6.07) is 21.4. The molecule has 7 heteroatoms. The van der Waals surface area contributed by atoms with Crippen LogP contribution in [-0.4, -0.2) is 46.6 Å². The van der Waals surface area contributed by atoms with Gasteiger partial charge in [-0.1, -0.05) is 54.6 Å². The van der Waals surface area contributed by atoms with Crippen LogP contribution in [0.5, 0.6) is 0 Å². The fourth-order valence-corrected chi connectivity index (χ4v) is 4.34. The van der Waals surface area contributed by atoms with Crippen molar-refractivity contribution in [2.75, 3.05) is 13.2 Å². The van der Waals surface area contributed by atoms with Crippen molar-refractivity contribution in [2.45, 2.75) is 19.5 Å². The maximum absolute atomic E-state index is 12.9. The molecule has 0 spiro atoms. The summed E-state index contributed by atoms with van der Waals surface area (Å²) >= 11 is 0. The van der Waals surface area contributed by atoms with Gasteiger partial charge in [0, 0.05) is 13.1 Å². The Morgan fingerprint density at radius 3 is 2.32 bits per heavy atom. The molecule has 3 aromatic carbocycles. The average Bonchev–Trinajstić information content (AvgIpc) is 3.11. The maximum Gasteiger partial charge on any atom is 0.338 e. The van der Waals surface area contributed by atoms with Gasteiger partial charge in [-0.2, -0.15) is 0 Å². The minimum Gasteiger partial charge on any atom is -0.452 e. The monoisotopic (exact) mass is 454 g/mol. The predicted octanol–water partition coefficient (Wildman–Crippen LogP) is 3.22. The van der Waals surface area contributed by atoms with E-state index in [0.29, 0.717) is 13.1 Å². The first-order valence-electron chi connectivity index (χ1n) is 11.1. The SMILES string of the molecule is O=C(OCC(=O)N1CCc2ccccc2C1)c1ccc2c(c1)C(=O)N(Cc1ccccc1)C2=O. The van der Waals surface area contributed by atoms with Crippen LogP contribution in [0.15, 0.2) is 72.8 Å². The molecule has 0 aliphatic carbocycles. The Hall–Kier alpha value is -4.26. The summed E-state index contributed by atoms with van der Waals surface area (Å²) in [5, 5.41) is 0. The molecule has 3 amide bonds. The van der Waals surface area contributed by atoms with Gasteiger partial charge in [0.1, 0.15) is 0 Å². The number of fused-ring (bicyclic) bond motifs is 2. The van der Waals surface area contributed by atoms with E-state index in [1.807, 2.05) is 48.5 Å². The molecule has 170 valence electrons. The van der Waals surface area contributed by atoms with E-state index >= 15 is 0 Å². The molecule has 34 heavy (non-hydrogen) atoms. The van der Waals surface area contributed by atoms with Crippen molar-refractivity contribution in [3.05, 3.63) is 106 Å². The number of esters is 1. The minimum absolute atomic E-state index is 0.123. The zero-order chi connectivity index (χ0) is 23.7. The molecule has 0 aromatic heterocycles. The lowest BCUT2D eigenvalue weighted by Crippen LogP contribution is -2.38. The summed E-state index contributed by atoms with van der Waals surface area (Å²) < 4.78 is 5.24. The van der Waals surface area contributed by atoms with Crippen molar-refractivity contribution in [3.63, 3.8) is 0 Å². The summed E-state index contributed by atoms with van der Waals surface area (Å²) in [5.41, 5.74) is 3.68. The highest BCUT2D eigenvalue weighted by Gasteiger charge is 2.36. The molecule has 2 heterocycles. The number of amides is 3. The number of carbonyl (C=O) groups excluding carboxylic acids is 4. The summed E-state index contributed by atoms with van der Waals surface area (Å²) in [6.07, 6.45) is 0.760. The smallest absolute Gasteiger partial charge is 0.338 e. The van der Waals surface area contributed by atoms with Crippen LogP contribution in [0.1, 0.15) is 47.8 Å². The van der Waals surface area contributed by atoms with Crippen LogP contribution >= 0.6 is 0 Å². The van der Waals surface area contributed by atoms with Crippen LogP contribution < -0.4 is 0 Å². The third kappa shape index (κ3) is 4.08. The molecular weight excluding hydrogens is 432 g/mol. The molecule has 0 radical (unpaired) electrons. The molecule has 0 saturated heterocycles. The van der Waals surface area contributed by atoms with Crippen molar-refractivity contribution >= 4 is 23.7 Å². The molecule has 0 unspecified atom stereocenters. The first-order chi connectivity index (χ1) is 16.5. The average molecular weight is 454 g/mol. The van der Waals surface area contributed by atoms with Crippen LogP contribution in [0.2, 0.25) is 0 Å². The first kappa shape index (κ1) is 21.6. The van der Waals surface area contributed by atoms with Gasteiger partial charge in [-0.3, -0.25) is 19.3 Å². The summed E-state index contributed by atoms with van der Waals surface area (Å²) in [5.74, 6) is -1.84. The lowest BCUT2D eigenvalue weighted by Gasteiger charge is -2.28. The highest BCUT2D eigenvalue weighted by atomic mass is 16.5. The lowest BCUT2D eigenvalue weighted by molar-refractivity contribution is -0.135. The molecule has 2 aliphatic heterocycles. The summed E-state index contributed by atoms with van der Waals surface area (Å²) in [7, 11) is 0. The number of hydrogen-bond acceptors (Lipinski definition) is 5. The van der Waals surface area contributed by atoms with E-state index in [2.05, 4.69) is 6.07 Å². The van der Waals surface area contributed by atoms with E-state index in [1.54, 1.807) is 4.90 Å². The first-order valence-corrected chi connectivity index (χ1v) is 11.1. The quantitative estimate of drug-likeness (QED) is 0.437. The number of ether oxygens (including phenoxy) is 1. The molecule has 0 fully saturated rings. The van der Waals surface area contributed by atoms with Gasteiger partial charge < -0.3 is 9.64 Å². The number of benzene rings is 3. The number of hydrogen-bond donors (Lipinski definition) is 0. The Bertz CT molecular complexity index is 1300. The van der Waals surface area contributed by atoms with Crippen molar-refractivity contribution in [1.82, 2.24) is 9.80 Å².